The van der Waals surface area contributed by atoms with Crippen LogP contribution in [0.15, 0.2) is 48.5 Å². The van der Waals surface area contributed by atoms with Gasteiger partial charge in [0.15, 0.2) is 0 Å². The van der Waals surface area contributed by atoms with Crippen molar-refractivity contribution >= 4 is 29.3 Å². The molecule has 8 heteroatoms. The number of amides is 4. The first kappa shape index (κ1) is 22.0. The fraction of sp³-hybridized carbons (Fsp3) is 0.304. The number of phenolic OH excluding ortho intramolecular Hbond substituents is 1. The van der Waals surface area contributed by atoms with Crippen LogP contribution in [0.1, 0.15) is 37.3 Å². The van der Waals surface area contributed by atoms with Gasteiger partial charge in [-0.2, -0.15) is 0 Å². The molecule has 0 aliphatic carbocycles. The molecular weight excluding hydrogens is 398 g/mol. The summed E-state index contributed by atoms with van der Waals surface area (Å²) in [5, 5.41) is 16.8. The highest BCUT2D eigenvalue weighted by Gasteiger charge is 2.42. The molecule has 1 fully saturated rings. The molecule has 2 aromatic carbocycles. The lowest BCUT2D eigenvalue weighted by molar-refractivity contribution is -0.138. The molecule has 0 aromatic heterocycles. The van der Waals surface area contributed by atoms with Crippen LogP contribution in [0.25, 0.3) is 0 Å². The number of anilines is 1. The van der Waals surface area contributed by atoms with E-state index in [1.807, 2.05) is 6.92 Å². The number of carbonyl (C=O) groups is 4. The molecule has 0 unspecified atom stereocenters. The predicted molar refractivity (Wildman–Crippen MR) is 114 cm³/mol. The second kappa shape index (κ2) is 9.42. The molecule has 1 aliphatic heterocycles. The third-order valence-electron chi connectivity index (χ3n) is 5.61. The Hall–Kier alpha value is -3.68. The second-order valence-electron chi connectivity index (χ2n) is 7.52. The minimum Gasteiger partial charge on any atom is -0.508 e. The van der Waals surface area contributed by atoms with Gasteiger partial charge in [0.25, 0.3) is 0 Å². The van der Waals surface area contributed by atoms with Crippen molar-refractivity contribution in [2.45, 2.75) is 38.0 Å². The van der Waals surface area contributed by atoms with E-state index in [2.05, 4.69) is 16.0 Å². The molecule has 1 atom stereocenters. The van der Waals surface area contributed by atoms with Gasteiger partial charge in [-0.1, -0.05) is 31.2 Å². The van der Waals surface area contributed by atoms with Gasteiger partial charge in [0.2, 0.25) is 11.8 Å². The third-order valence-corrected chi connectivity index (χ3v) is 5.61. The van der Waals surface area contributed by atoms with Gasteiger partial charge in [-0.05, 0) is 54.7 Å². The number of phenols is 1. The van der Waals surface area contributed by atoms with E-state index >= 15 is 0 Å². The summed E-state index contributed by atoms with van der Waals surface area (Å²) in [4.78, 5) is 48.1. The van der Waals surface area contributed by atoms with E-state index in [1.54, 1.807) is 48.5 Å². The van der Waals surface area contributed by atoms with Crippen molar-refractivity contribution in [3.8, 4) is 5.75 Å². The summed E-state index contributed by atoms with van der Waals surface area (Å²) >= 11 is 0. The number of imide groups is 1. The van der Waals surface area contributed by atoms with Gasteiger partial charge in [-0.3, -0.25) is 24.5 Å². The molecule has 0 bridgehead atoms. The van der Waals surface area contributed by atoms with Gasteiger partial charge in [0.1, 0.15) is 5.75 Å². The molecule has 1 saturated heterocycles. The van der Waals surface area contributed by atoms with Crippen molar-refractivity contribution in [3.63, 3.8) is 0 Å². The molecule has 0 spiro atoms. The number of rotatable bonds is 6. The first-order valence-corrected chi connectivity index (χ1v) is 10.2. The summed E-state index contributed by atoms with van der Waals surface area (Å²) in [6, 6.07) is 13.4. The molecule has 4 N–H and O–H groups in total. The zero-order valence-corrected chi connectivity index (χ0v) is 17.2. The number of hydrogen-bond donors (Lipinski definition) is 4. The number of hydrogen-bond acceptors (Lipinski definition) is 5. The van der Waals surface area contributed by atoms with Crippen LogP contribution >= 0.6 is 0 Å². The maximum absolute atomic E-state index is 12.5. The summed E-state index contributed by atoms with van der Waals surface area (Å²) < 4.78 is 0. The monoisotopic (exact) mass is 423 g/mol. The summed E-state index contributed by atoms with van der Waals surface area (Å²) in [5.74, 6) is -1.95. The van der Waals surface area contributed by atoms with E-state index in [0.29, 0.717) is 24.9 Å². The molecule has 1 aliphatic rings. The van der Waals surface area contributed by atoms with Crippen LogP contribution in [0, 0.1) is 0 Å². The maximum atomic E-state index is 12.5. The fourth-order valence-corrected chi connectivity index (χ4v) is 3.69. The maximum Gasteiger partial charge on any atom is 0.313 e. The Kier molecular flexibility index (Phi) is 6.69. The van der Waals surface area contributed by atoms with Crippen molar-refractivity contribution < 1.29 is 24.3 Å². The van der Waals surface area contributed by atoms with Gasteiger partial charge in [0, 0.05) is 18.7 Å². The zero-order chi connectivity index (χ0) is 22.4. The zero-order valence-electron chi connectivity index (χ0n) is 17.2. The molecule has 4 amide bonds. The predicted octanol–water partition coefficient (Wildman–Crippen LogP) is 1.77. The van der Waals surface area contributed by atoms with Gasteiger partial charge < -0.3 is 15.7 Å². The van der Waals surface area contributed by atoms with Crippen molar-refractivity contribution in [2.75, 3.05) is 11.9 Å². The van der Waals surface area contributed by atoms with Crippen LogP contribution in [0.3, 0.4) is 0 Å². The molecule has 1 heterocycles. The molecule has 2 aromatic rings. The van der Waals surface area contributed by atoms with E-state index in [0.717, 1.165) is 11.1 Å². The Balaban J connectivity index is 1.55. The van der Waals surface area contributed by atoms with Gasteiger partial charge in [0.05, 0.1) is 5.41 Å². The quantitative estimate of drug-likeness (QED) is 0.416. The largest absolute Gasteiger partial charge is 0.508 e. The minimum atomic E-state index is -0.787. The highest BCUT2D eigenvalue weighted by Crippen LogP contribution is 2.36. The second-order valence-corrected chi connectivity index (χ2v) is 7.52. The summed E-state index contributed by atoms with van der Waals surface area (Å²) in [6.07, 6.45) is 1.78. The fourth-order valence-electron chi connectivity index (χ4n) is 3.69. The van der Waals surface area contributed by atoms with Crippen molar-refractivity contribution in [3.05, 3.63) is 59.7 Å². The molecular formula is C23H25N3O5. The number of benzene rings is 2. The van der Waals surface area contributed by atoms with Crippen LogP contribution in [-0.4, -0.2) is 35.3 Å². The molecule has 162 valence electrons. The lowest BCUT2D eigenvalue weighted by atomic mass is 9.72. The van der Waals surface area contributed by atoms with Crippen LogP contribution in [0.2, 0.25) is 0 Å². The minimum absolute atomic E-state index is 0.167. The van der Waals surface area contributed by atoms with E-state index < -0.39 is 17.2 Å². The summed E-state index contributed by atoms with van der Waals surface area (Å²) in [5.41, 5.74) is 1.34. The van der Waals surface area contributed by atoms with Crippen molar-refractivity contribution in [2.24, 2.45) is 0 Å². The van der Waals surface area contributed by atoms with Crippen molar-refractivity contribution in [1.82, 2.24) is 10.6 Å². The van der Waals surface area contributed by atoms with Crippen LogP contribution in [0.5, 0.6) is 5.75 Å². The van der Waals surface area contributed by atoms with Gasteiger partial charge >= 0.3 is 11.8 Å². The molecule has 0 radical (unpaired) electrons. The summed E-state index contributed by atoms with van der Waals surface area (Å²) in [7, 11) is 0. The van der Waals surface area contributed by atoms with E-state index in [9.17, 15) is 24.3 Å². The highest BCUT2D eigenvalue weighted by molar-refractivity contribution is 6.39. The molecule has 0 saturated carbocycles. The average molecular weight is 423 g/mol. The van der Waals surface area contributed by atoms with E-state index in [-0.39, 0.29) is 30.5 Å². The lowest BCUT2D eigenvalue weighted by Crippen LogP contribution is -2.51. The normalized spacial score (nSPS) is 18.2. The molecule has 31 heavy (non-hydrogen) atoms. The Morgan fingerprint density at radius 1 is 1.03 bits per heavy atom. The van der Waals surface area contributed by atoms with E-state index in [1.165, 1.54) is 0 Å². The molecule has 8 nitrogen and oxygen atoms in total. The molecule has 3 rings (SSSR count). The topological polar surface area (TPSA) is 125 Å². The highest BCUT2D eigenvalue weighted by atomic mass is 16.3. The van der Waals surface area contributed by atoms with E-state index in [4.69, 9.17) is 0 Å². The number of nitrogens with one attached hydrogen (secondary N) is 3. The average Bonchev–Trinajstić information content (AvgIpc) is 2.76. The Morgan fingerprint density at radius 3 is 2.32 bits per heavy atom. The smallest absolute Gasteiger partial charge is 0.313 e. The number of carbonyl (C=O) groups excluding carboxylic acids is 4. The third kappa shape index (κ3) is 5.09. The Morgan fingerprint density at radius 2 is 1.71 bits per heavy atom. The SMILES string of the molecule is CC[C@@]1(c2ccc(NC(=O)C(=O)NCCc3ccc(O)cc3)cc2)CCC(=O)NC1=O. The Bertz CT molecular complexity index is 985. The van der Waals surface area contributed by atoms with Crippen molar-refractivity contribution in [1.29, 1.82) is 0 Å². The standard InChI is InChI=1S/C23H25N3O5/c1-2-23(13-11-19(28)26-22(23)31)16-5-7-17(8-6-16)25-21(30)20(29)24-14-12-15-3-9-18(27)10-4-15/h3-10,27H,2,11-14H2,1H3,(H,24,29)(H,25,30)(H,26,28,31)/t23-/m0/s1. The first-order chi connectivity index (χ1) is 14.8. The number of piperidine rings is 1. The summed E-state index contributed by atoms with van der Waals surface area (Å²) in [6.45, 7) is 2.18. The van der Waals surface area contributed by atoms with Gasteiger partial charge in [-0.25, -0.2) is 0 Å². The first-order valence-electron chi connectivity index (χ1n) is 10.2. The van der Waals surface area contributed by atoms with Crippen LogP contribution in [-0.2, 0) is 31.0 Å². The van der Waals surface area contributed by atoms with Gasteiger partial charge in [-0.15, -0.1) is 0 Å². The number of aromatic hydroxyl groups is 1. The lowest BCUT2D eigenvalue weighted by Gasteiger charge is -2.35. The van der Waals surface area contributed by atoms with Crippen LogP contribution < -0.4 is 16.0 Å². The van der Waals surface area contributed by atoms with Crippen LogP contribution in [0.4, 0.5) is 5.69 Å². The Labute approximate surface area is 180 Å².